The zero-order valence-electron chi connectivity index (χ0n) is 38.2. The summed E-state index contributed by atoms with van der Waals surface area (Å²) in [6.45, 7) is 7.80. The molecule has 15 nitrogen and oxygen atoms in total. The summed E-state index contributed by atoms with van der Waals surface area (Å²) in [5, 5.41) is 51.6. The molecule has 61 heavy (non-hydrogen) atoms. The highest BCUT2D eigenvalue weighted by Gasteiger charge is 2.29. The summed E-state index contributed by atoms with van der Waals surface area (Å²) in [6.07, 6.45) is 23.3. The first kappa shape index (κ1) is 57.1. The zero-order valence-corrected chi connectivity index (χ0v) is 38.2. The molecule has 0 bridgehead atoms. The molecule has 0 spiro atoms. The number of nitrogens with one attached hydrogen (secondary N) is 4. The van der Waals surface area contributed by atoms with Gasteiger partial charge in [0.05, 0.1) is 45.7 Å². The van der Waals surface area contributed by atoms with Crippen LogP contribution in [-0.4, -0.2) is 136 Å². The molecule has 0 heterocycles. The summed E-state index contributed by atoms with van der Waals surface area (Å²) in [6, 6.07) is -0.635. The topological polar surface area (TPSA) is 217 Å². The number of carbonyl (C=O) groups is 3. The van der Waals surface area contributed by atoms with Crippen molar-refractivity contribution in [3.05, 3.63) is 0 Å². The van der Waals surface area contributed by atoms with E-state index in [1.807, 2.05) is 0 Å². The van der Waals surface area contributed by atoms with Crippen molar-refractivity contribution in [3.8, 4) is 0 Å². The van der Waals surface area contributed by atoms with Gasteiger partial charge in [0.25, 0.3) is 0 Å². The van der Waals surface area contributed by atoms with E-state index in [1.165, 1.54) is 70.6 Å². The highest BCUT2D eigenvalue weighted by atomic mass is 16.5. The number of aliphatic hydroxyl groups excluding tert-OH is 2. The predicted octanol–water partition coefficient (Wildman–Crippen LogP) is 5.57. The largest absolute Gasteiger partial charge is 0.481 e. The fourth-order valence-electron chi connectivity index (χ4n) is 7.65. The maximum Gasteiger partial charge on any atom is 0.303 e. The van der Waals surface area contributed by atoms with E-state index in [9.17, 15) is 29.7 Å². The van der Waals surface area contributed by atoms with Gasteiger partial charge in [0.1, 0.15) is 12.8 Å². The van der Waals surface area contributed by atoms with Crippen molar-refractivity contribution >= 4 is 17.8 Å². The van der Waals surface area contributed by atoms with E-state index >= 15 is 0 Å². The molecule has 8 N–H and O–H groups in total. The Morgan fingerprint density at radius 3 is 1.61 bits per heavy atom. The van der Waals surface area contributed by atoms with Gasteiger partial charge in [0.2, 0.25) is 11.8 Å². The summed E-state index contributed by atoms with van der Waals surface area (Å²) in [7, 11) is 0. The average molecular weight is 875 g/mol. The zero-order chi connectivity index (χ0) is 44.4. The summed E-state index contributed by atoms with van der Waals surface area (Å²) < 4.78 is 21.6. The van der Waals surface area contributed by atoms with Crippen LogP contribution in [0.5, 0.6) is 0 Å². The second-order valence-electron chi connectivity index (χ2n) is 16.9. The molecule has 2 amide bonds. The molecular weight excluding hydrogens is 785 g/mol. The molecular formula is C46H90N4O11. The summed E-state index contributed by atoms with van der Waals surface area (Å²) in [5.41, 5.74) is 0. The fraction of sp³-hybridized carbons (Fsp3) is 0.935. The number of unbranched alkanes of at least 4 members (excludes halogenated alkanes) is 15. The lowest BCUT2D eigenvalue weighted by Crippen LogP contribution is -2.49. The van der Waals surface area contributed by atoms with Crippen LogP contribution in [-0.2, 0) is 33.3 Å². The summed E-state index contributed by atoms with van der Waals surface area (Å²) in [4.78, 5) is 34.8. The van der Waals surface area contributed by atoms with Crippen LogP contribution in [0.1, 0.15) is 167 Å². The molecule has 360 valence electrons. The van der Waals surface area contributed by atoms with Gasteiger partial charge >= 0.3 is 5.97 Å². The Hall–Kier alpha value is -1.95. The molecule has 1 fully saturated rings. The lowest BCUT2D eigenvalue weighted by Gasteiger charge is -2.34. The Balaban J connectivity index is 1.95. The van der Waals surface area contributed by atoms with E-state index in [1.54, 1.807) is 0 Å². The SMILES string of the molecule is CCCOCCOCCNC(=O)COCCOCCNCCCC(NC(O)C1CCC(CNC(=O)CCCCCCCCCCCCCCCCCCC(=O)O)CC1)C(O)O. The number of hydrogen-bond acceptors (Lipinski definition) is 12. The molecule has 0 aromatic rings. The van der Waals surface area contributed by atoms with Crippen molar-refractivity contribution in [1.82, 2.24) is 21.3 Å². The quantitative estimate of drug-likeness (QED) is 0.0278. The maximum absolute atomic E-state index is 12.5. The van der Waals surface area contributed by atoms with Gasteiger partial charge < -0.3 is 55.3 Å². The molecule has 2 atom stereocenters. The maximum atomic E-state index is 12.5. The summed E-state index contributed by atoms with van der Waals surface area (Å²) in [5.74, 6) is -0.312. The highest BCUT2D eigenvalue weighted by Crippen LogP contribution is 2.30. The van der Waals surface area contributed by atoms with Gasteiger partial charge in [0.15, 0.2) is 6.29 Å². The number of amides is 2. The first-order valence-electron chi connectivity index (χ1n) is 24.3. The first-order valence-corrected chi connectivity index (χ1v) is 24.3. The molecule has 1 rings (SSSR count). The van der Waals surface area contributed by atoms with Gasteiger partial charge in [0, 0.05) is 39.1 Å². The predicted molar refractivity (Wildman–Crippen MR) is 239 cm³/mol. The van der Waals surface area contributed by atoms with Crippen LogP contribution >= 0.6 is 0 Å². The summed E-state index contributed by atoms with van der Waals surface area (Å²) >= 11 is 0. The van der Waals surface area contributed by atoms with Crippen LogP contribution in [0.2, 0.25) is 0 Å². The number of carboxylic acid groups (broad SMARTS) is 1. The normalized spacial score (nSPS) is 16.5. The van der Waals surface area contributed by atoms with Gasteiger partial charge in [-0.3, -0.25) is 19.7 Å². The Labute approximate surface area is 368 Å². The molecule has 1 saturated carbocycles. The first-order chi connectivity index (χ1) is 29.7. The molecule has 2 unspecified atom stereocenters. The van der Waals surface area contributed by atoms with Crippen LogP contribution in [0.25, 0.3) is 0 Å². The van der Waals surface area contributed by atoms with E-state index in [-0.39, 0.29) is 24.3 Å². The number of rotatable bonds is 45. The minimum absolute atomic E-state index is 0.0311. The molecule has 0 saturated heterocycles. The Morgan fingerprint density at radius 1 is 0.557 bits per heavy atom. The van der Waals surface area contributed by atoms with Crippen LogP contribution in [0.15, 0.2) is 0 Å². The standard InChI is InChI=1S/C46H90N4O11/c1-2-30-58-33-34-60-32-29-48-43(52)38-61-36-35-59-31-28-47-27-19-20-41(46(56)57)50-45(55)40-25-23-39(24-26-40)37-49-42(51)21-17-15-13-11-9-7-5-3-4-6-8-10-12-14-16-18-22-44(53)54/h39-41,45-47,50,55-57H,2-38H2,1H3,(H,48,52)(H,49,51)(H,53,54). The third-order valence-corrected chi connectivity index (χ3v) is 11.4. The third-order valence-electron chi connectivity index (χ3n) is 11.4. The second kappa shape index (κ2) is 42.0. The van der Waals surface area contributed by atoms with Crippen molar-refractivity contribution in [2.75, 3.05) is 79.0 Å². The number of ether oxygens (including phenoxy) is 4. The van der Waals surface area contributed by atoms with Gasteiger partial charge in [-0.1, -0.05) is 96.8 Å². The minimum atomic E-state index is -1.58. The van der Waals surface area contributed by atoms with Crippen LogP contribution in [0.4, 0.5) is 0 Å². The van der Waals surface area contributed by atoms with Crippen molar-refractivity contribution in [2.45, 2.75) is 186 Å². The molecule has 0 aromatic heterocycles. The van der Waals surface area contributed by atoms with Gasteiger partial charge in [-0.05, 0) is 76.2 Å². The van der Waals surface area contributed by atoms with E-state index in [4.69, 9.17) is 24.1 Å². The number of carbonyl (C=O) groups excluding carboxylic acids is 2. The fourth-order valence-corrected chi connectivity index (χ4v) is 7.65. The Bertz CT molecular complexity index is 1020. The highest BCUT2D eigenvalue weighted by molar-refractivity contribution is 5.77. The number of carboxylic acids is 1. The third kappa shape index (κ3) is 37.2. The number of hydrogen-bond donors (Lipinski definition) is 8. The second-order valence-corrected chi connectivity index (χ2v) is 16.9. The lowest BCUT2D eigenvalue weighted by molar-refractivity contribution is -0.137. The molecule has 1 aliphatic carbocycles. The van der Waals surface area contributed by atoms with Crippen molar-refractivity contribution < 1.29 is 53.8 Å². The smallest absolute Gasteiger partial charge is 0.303 e. The molecule has 0 aromatic carbocycles. The van der Waals surface area contributed by atoms with E-state index < -0.39 is 24.5 Å². The van der Waals surface area contributed by atoms with Crippen LogP contribution < -0.4 is 21.3 Å². The van der Waals surface area contributed by atoms with Gasteiger partial charge in [-0.15, -0.1) is 0 Å². The Kier molecular flexibility index (Phi) is 39.3. The number of aliphatic carboxylic acids is 1. The monoisotopic (exact) mass is 875 g/mol. The Morgan fingerprint density at radius 2 is 1.07 bits per heavy atom. The van der Waals surface area contributed by atoms with Gasteiger partial charge in [-0.25, -0.2) is 0 Å². The lowest BCUT2D eigenvalue weighted by atomic mass is 9.81. The average Bonchev–Trinajstić information content (AvgIpc) is 3.24. The van der Waals surface area contributed by atoms with Crippen LogP contribution in [0, 0.1) is 11.8 Å². The molecule has 15 heteroatoms. The van der Waals surface area contributed by atoms with Crippen LogP contribution in [0.3, 0.4) is 0 Å². The van der Waals surface area contributed by atoms with E-state index in [2.05, 4.69) is 28.2 Å². The van der Waals surface area contributed by atoms with E-state index in [0.29, 0.717) is 97.4 Å². The van der Waals surface area contributed by atoms with Crippen molar-refractivity contribution in [3.63, 3.8) is 0 Å². The van der Waals surface area contributed by atoms with E-state index in [0.717, 1.165) is 70.8 Å². The van der Waals surface area contributed by atoms with Crippen molar-refractivity contribution in [2.24, 2.45) is 11.8 Å². The van der Waals surface area contributed by atoms with Crippen molar-refractivity contribution in [1.29, 1.82) is 0 Å². The molecule has 0 radical (unpaired) electrons. The number of aliphatic hydroxyl groups is 3. The van der Waals surface area contributed by atoms with Gasteiger partial charge in [-0.2, -0.15) is 0 Å². The molecule has 0 aliphatic heterocycles. The minimum Gasteiger partial charge on any atom is -0.481 e. The molecule has 1 aliphatic rings.